The number of hydrogen-bond donors (Lipinski definition) is 0. The van der Waals surface area contributed by atoms with Gasteiger partial charge in [0.25, 0.3) is 0 Å². The number of fused-ring (bicyclic) bond motifs is 4. The summed E-state index contributed by atoms with van der Waals surface area (Å²) in [4.78, 5) is 9.83. The lowest BCUT2D eigenvalue weighted by molar-refractivity contribution is 0.437. The van der Waals surface area contributed by atoms with Gasteiger partial charge in [0.15, 0.2) is 0 Å². The van der Waals surface area contributed by atoms with Gasteiger partial charge in [-0.2, -0.15) is 0 Å². The first-order valence-electron chi connectivity index (χ1n) is 18.3. The van der Waals surface area contributed by atoms with E-state index in [2.05, 4.69) is 188 Å². The number of rotatable bonds is 4. The predicted octanol–water partition coefficient (Wildman–Crippen LogP) is 12.6. The van der Waals surface area contributed by atoms with Crippen molar-refractivity contribution < 1.29 is 4.74 Å². The van der Waals surface area contributed by atoms with Crippen LogP contribution in [0.1, 0.15) is 99.8 Å². The molecule has 0 bridgehead atoms. The summed E-state index contributed by atoms with van der Waals surface area (Å²) in [6, 6.07) is 33.2. The highest BCUT2D eigenvalue weighted by molar-refractivity contribution is 6.10. The van der Waals surface area contributed by atoms with Crippen LogP contribution in [-0.4, -0.2) is 21.8 Å². The molecule has 51 heavy (non-hydrogen) atoms. The van der Waals surface area contributed by atoms with E-state index >= 15 is 0 Å². The van der Waals surface area contributed by atoms with Crippen molar-refractivity contribution in [2.24, 2.45) is 0 Å². The predicted molar refractivity (Wildman–Crippen MR) is 217 cm³/mol. The van der Waals surface area contributed by atoms with Crippen molar-refractivity contribution in [3.05, 3.63) is 114 Å². The lowest BCUT2D eigenvalue weighted by Crippen LogP contribution is -2.42. The molecule has 5 heteroatoms. The molecule has 1 aliphatic heterocycles. The minimum Gasteiger partial charge on any atom is -0.457 e. The van der Waals surface area contributed by atoms with Crippen LogP contribution in [0.5, 0.6) is 11.5 Å². The maximum atomic E-state index is 7.27. The van der Waals surface area contributed by atoms with Crippen molar-refractivity contribution in [1.82, 2.24) is 9.55 Å². The number of hydrogen-bond acceptors (Lipinski definition) is 4. The molecule has 0 radical (unpaired) electrons. The van der Waals surface area contributed by atoms with Gasteiger partial charge in [-0.3, -0.25) is 4.57 Å². The molecule has 264 valence electrons. The van der Waals surface area contributed by atoms with Crippen LogP contribution in [0.15, 0.2) is 97.2 Å². The van der Waals surface area contributed by atoms with Gasteiger partial charge in [-0.15, -0.1) is 0 Å². The Bertz CT molecular complexity index is 2270. The molecular formula is C46H54N4O. The minimum absolute atomic E-state index is 0.00172. The molecule has 0 amide bonds. The van der Waals surface area contributed by atoms with E-state index in [0.29, 0.717) is 0 Å². The van der Waals surface area contributed by atoms with Crippen LogP contribution in [0, 0.1) is 0 Å². The Hall–Kier alpha value is -4.77. The van der Waals surface area contributed by atoms with Gasteiger partial charge in [0, 0.05) is 51.5 Å². The number of benzene rings is 4. The van der Waals surface area contributed by atoms with E-state index in [0.717, 1.165) is 40.7 Å². The molecule has 0 unspecified atom stereocenters. The molecule has 5 nitrogen and oxygen atoms in total. The fraction of sp³-hybridized carbons (Fsp3) is 0.370. The zero-order valence-electron chi connectivity index (χ0n) is 32.6. The summed E-state index contributed by atoms with van der Waals surface area (Å²) >= 11 is 0. The van der Waals surface area contributed by atoms with Crippen LogP contribution in [0.4, 0.5) is 17.1 Å². The topological polar surface area (TPSA) is 33.5 Å². The second-order valence-corrected chi connectivity index (χ2v) is 18.3. The van der Waals surface area contributed by atoms with Crippen molar-refractivity contribution >= 4 is 38.9 Å². The molecular weight excluding hydrogens is 625 g/mol. The summed E-state index contributed by atoms with van der Waals surface area (Å²) in [5, 5.41) is 2.41. The minimum atomic E-state index is -0.169. The van der Waals surface area contributed by atoms with Gasteiger partial charge in [0.2, 0.25) is 0 Å². The van der Waals surface area contributed by atoms with Gasteiger partial charge in [-0.1, -0.05) is 98.7 Å². The number of nitrogens with zero attached hydrogens (tertiary/aromatic N) is 4. The third kappa shape index (κ3) is 6.26. The SMILES string of the molecule is CC(C)(C)c1ccnc(-n2c3ccccc3c3cc(C(C)(C)C)c(Oc4cc(N5CN(C(C)(C)C)c6ccccc65)ccc4C(C)(C)C)cc32)c1. The van der Waals surface area contributed by atoms with Crippen LogP contribution in [-0.2, 0) is 16.2 Å². The van der Waals surface area contributed by atoms with Crippen LogP contribution >= 0.6 is 0 Å². The third-order valence-electron chi connectivity index (χ3n) is 10.3. The molecule has 0 fully saturated rings. The van der Waals surface area contributed by atoms with Crippen molar-refractivity contribution in [3.63, 3.8) is 0 Å². The maximum absolute atomic E-state index is 7.27. The van der Waals surface area contributed by atoms with Crippen molar-refractivity contribution in [2.75, 3.05) is 16.5 Å². The van der Waals surface area contributed by atoms with E-state index < -0.39 is 0 Å². The lowest BCUT2D eigenvalue weighted by atomic mass is 9.84. The summed E-state index contributed by atoms with van der Waals surface area (Å²) in [5.74, 6) is 2.66. The van der Waals surface area contributed by atoms with Gasteiger partial charge in [0.1, 0.15) is 17.3 Å². The normalized spacial score (nSPS) is 14.1. The monoisotopic (exact) mass is 678 g/mol. The smallest absolute Gasteiger partial charge is 0.137 e. The van der Waals surface area contributed by atoms with E-state index in [1.54, 1.807) is 0 Å². The Balaban J connectivity index is 1.43. The lowest BCUT2D eigenvalue weighted by Gasteiger charge is -2.34. The first-order chi connectivity index (χ1) is 23.8. The molecule has 1 aliphatic rings. The summed E-state index contributed by atoms with van der Waals surface area (Å²) in [7, 11) is 0. The number of aromatic nitrogens is 2. The Morgan fingerprint density at radius 3 is 1.88 bits per heavy atom. The molecule has 0 aliphatic carbocycles. The first kappa shape index (κ1) is 34.7. The van der Waals surface area contributed by atoms with Crippen LogP contribution in [0.3, 0.4) is 0 Å². The highest BCUT2D eigenvalue weighted by Crippen LogP contribution is 2.47. The number of para-hydroxylation sites is 3. The largest absolute Gasteiger partial charge is 0.457 e. The average molecular weight is 679 g/mol. The molecule has 6 aromatic rings. The van der Waals surface area contributed by atoms with E-state index in [1.807, 2.05) is 6.20 Å². The van der Waals surface area contributed by atoms with E-state index in [4.69, 9.17) is 9.72 Å². The van der Waals surface area contributed by atoms with Crippen molar-refractivity contribution in [3.8, 4) is 17.3 Å². The number of anilines is 3. The van der Waals surface area contributed by atoms with E-state index in [9.17, 15) is 0 Å². The quantitative estimate of drug-likeness (QED) is 0.186. The van der Waals surface area contributed by atoms with Crippen LogP contribution in [0.25, 0.3) is 27.6 Å². The van der Waals surface area contributed by atoms with Crippen LogP contribution < -0.4 is 14.5 Å². The molecule has 0 saturated carbocycles. The summed E-state index contributed by atoms with van der Waals surface area (Å²) in [6.07, 6.45) is 1.94. The molecule has 0 atom stereocenters. The highest BCUT2D eigenvalue weighted by atomic mass is 16.5. The molecule has 7 rings (SSSR count). The molecule has 3 heterocycles. The zero-order chi connectivity index (χ0) is 36.7. The fourth-order valence-electron chi connectivity index (χ4n) is 7.43. The van der Waals surface area contributed by atoms with E-state index in [1.165, 1.54) is 38.8 Å². The van der Waals surface area contributed by atoms with Gasteiger partial charge in [0.05, 0.1) is 29.1 Å². The maximum Gasteiger partial charge on any atom is 0.137 e. The Labute approximate surface area is 304 Å². The second kappa shape index (κ2) is 11.9. The van der Waals surface area contributed by atoms with E-state index in [-0.39, 0.29) is 21.8 Å². The number of ether oxygens (including phenoxy) is 1. The van der Waals surface area contributed by atoms with Crippen LogP contribution in [0.2, 0.25) is 0 Å². The molecule has 2 aromatic heterocycles. The molecule has 0 N–H and O–H groups in total. The molecule has 0 saturated heterocycles. The van der Waals surface area contributed by atoms with Crippen molar-refractivity contribution in [2.45, 2.75) is 105 Å². The average Bonchev–Trinajstić information content (AvgIpc) is 3.59. The number of pyridine rings is 1. The Morgan fingerprint density at radius 2 is 1.22 bits per heavy atom. The van der Waals surface area contributed by atoms with Gasteiger partial charge >= 0.3 is 0 Å². The Kier molecular flexibility index (Phi) is 8.09. The summed E-state index contributed by atoms with van der Waals surface area (Å²) < 4.78 is 9.58. The Morgan fingerprint density at radius 1 is 0.569 bits per heavy atom. The standard InChI is InChI=1S/C46H54N4O/c1-43(2,3)30-23-24-47-42(25-30)50-36-18-14-13-17-32(36)33-27-35(45(7,8)9)41(28-39(33)50)51-40-26-31(21-22-34(40)44(4,5)6)48-29-49(46(10,11)12)38-20-16-15-19-37(38)48/h13-28H,29H2,1-12H3. The summed E-state index contributed by atoms with van der Waals surface area (Å²) in [6.45, 7) is 28.0. The fourth-order valence-corrected chi connectivity index (χ4v) is 7.43. The highest BCUT2D eigenvalue weighted by Gasteiger charge is 2.34. The van der Waals surface area contributed by atoms with Gasteiger partial charge < -0.3 is 14.5 Å². The second-order valence-electron chi connectivity index (χ2n) is 18.3. The van der Waals surface area contributed by atoms with Gasteiger partial charge in [-0.05, 0) is 85.0 Å². The first-order valence-corrected chi connectivity index (χ1v) is 18.3. The zero-order valence-corrected chi connectivity index (χ0v) is 32.6. The molecule has 4 aromatic carbocycles. The summed E-state index contributed by atoms with van der Waals surface area (Å²) in [5.41, 5.74) is 9.08. The third-order valence-corrected chi connectivity index (χ3v) is 10.3. The van der Waals surface area contributed by atoms with Gasteiger partial charge in [-0.25, -0.2) is 4.98 Å². The molecule has 0 spiro atoms. The van der Waals surface area contributed by atoms with Crippen molar-refractivity contribution in [1.29, 1.82) is 0 Å².